The predicted molar refractivity (Wildman–Crippen MR) is 186 cm³/mol. The second kappa shape index (κ2) is 13.3. The smallest absolute Gasteiger partial charge is 0.329 e. The number of halogens is 2. The van der Waals surface area contributed by atoms with E-state index in [1.165, 1.54) is 21.5 Å². The van der Waals surface area contributed by atoms with Crippen LogP contribution in [0.1, 0.15) is 78.8 Å². The van der Waals surface area contributed by atoms with Crippen molar-refractivity contribution in [1.82, 2.24) is 43.9 Å². The first-order valence-electron chi connectivity index (χ1n) is 17.5. The second-order valence-electron chi connectivity index (χ2n) is 14.1. The molecule has 15 nitrogen and oxygen atoms in total. The van der Waals surface area contributed by atoms with E-state index in [-0.39, 0.29) is 41.7 Å². The van der Waals surface area contributed by atoms with Crippen molar-refractivity contribution in [3.8, 4) is 0 Å². The number of aryl methyl sites for hydroxylation is 1. The third-order valence-electron chi connectivity index (χ3n) is 10.9. The lowest BCUT2D eigenvalue weighted by Crippen LogP contribution is -2.46. The van der Waals surface area contributed by atoms with E-state index in [9.17, 15) is 28.0 Å². The molecule has 6 heterocycles. The van der Waals surface area contributed by atoms with Crippen molar-refractivity contribution in [3.63, 3.8) is 0 Å². The molecule has 1 aromatic carbocycles. The Morgan fingerprint density at radius 3 is 2.65 bits per heavy atom. The molecule has 3 fully saturated rings. The van der Waals surface area contributed by atoms with Gasteiger partial charge in [-0.25, -0.2) is 28.1 Å². The number of carbonyl (C=O) groups excluding carboxylic acids is 3. The average Bonchev–Trinajstić information content (AvgIpc) is 3.81. The van der Waals surface area contributed by atoms with Crippen LogP contribution in [0.4, 0.5) is 20.3 Å². The fourth-order valence-electron chi connectivity index (χ4n) is 8.13. The third-order valence-corrected chi connectivity index (χ3v) is 10.9. The zero-order valence-electron chi connectivity index (χ0n) is 28.8. The first kappa shape index (κ1) is 33.7. The highest BCUT2D eigenvalue weighted by Crippen LogP contribution is 2.43. The molecule has 17 heteroatoms. The SMILES string of the molecule is CN(CC1CC(c2nc(NC(=O)c3cnn4cccnc34)c(C(F)F)[nH]2)C1)C1CCN(c2cccc3c2n(C)c(=O)n3C2CCC(=O)NC2=O)CC1. The van der Waals surface area contributed by atoms with E-state index in [2.05, 4.69) is 47.5 Å². The Kier molecular flexibility index (Phi) is 8.59. The molecule has 52 heavy (non-hydrogen) atoms. The van der Waals surface area contributed by atoms with Crippen LogP contribution in [0.25, 0.3) is 16.7 Å². The molecule has 8 rings (SSSR count). The number of rotatable bonds is 9. The van der Waals surface area contributed by atoms with E-state index in [0.29, 0.717) is 28.9 Å². The summed E-state index contributed by atoms with van der Waals surface area (Å²) in [6, 6.07) is 7.07. The third kappa shape index (κ3) is 5.91. The number of imidazole rings is 2. The summed E-state index contributed by atoms with van der Waals surface area (Å²) in [6.07, 6.45) is 5.59. The van der Waals surface area contributed by atoms with Crippen molar-refractivity contribution in [2.45, 2.75) is 63.0 Å². The first-order chi connectivity index (χ1) is 25.1. The Balaban J connectivity index is 0.878. The summed E-state index contributed by atoms with van der Waals surface area (Å²) < 4.78 is 32.5. The monoisotopic (exact) mass is 715 g/mol. The minimum Gasteiger partial charge on any atom is -0.370 e. The average molecular weight is 716 g/mol. The van der Waals surface area contributed by atoms with Crippen LogP contribution in [0.15, 0.2) is 47.7 Å². The molecule has 272 valence electrons. The number of H-pyrrole nitrogens is 1. The molecule has 1 aliphatic carbocycles. The highest BCUT2D eigenvalue weighted by molar-refractivity contribution is 6.08. The van der Waals surface area contributed by atoms with Crippen molar-refractivity contribution >= 4 is 45.9 Å². The molecule has 3 N–H and O–H groups in total. The lowest BCUT2D eigenvalue weighted by Gasteiger charge is -2.42. The molecule has 3 amide bonds. The van der Waals surface area contributed by atoms with E-state index < -0.39 is 30.0 Å². The van der Waals surface area contributed by atoms with E-state index in [1.54, 1.807) is 23.9 Å². The van der Waals surface area contributed by atoms with Crippen LogP contribution in [0.2, 0.25) is 0 Å². The molecule has 0 bridgehead atoms. The molecular weight excluding hydrogens is 676 g/mol. The second-order valence-corrected chi connectivity index (χ2v) is 14.1. The van der Waals surface area contributed by atoms with Crippen molar-refractivity contribution in [2.24, 2.45) is 13.0 Å². The number of amides is 3. The molecular formula is C35H39F2N11O4. The number of alkyl halides is 2. The van der Waals surface area contributed by atoms with Gasteiger partial charge in [0.1, 0.15) is 23.1 Å². The van der Waals surface area contributed by atoms with Gasteiger partial charge >= 0.3 is 5.69 Å². The number of nitrogens with one attached hydrogen (secondary N) is 3. The minimum absolute atomic E-state index is 0.0124. The number of piperidine rings is 2. The number of hydrogen-bond donors (Lipinski definition) is 3. The number of carbonyl (C=O) groups is 3. The summed E-state index contributed by atoms with van der Waals surface area (Å²) >= 11 is 0. The van der Waals surface area contributed by atoms with Crippen LogP contribution in [0, 0.1) is 5.92 Å². The van der Waals surface area contributed by atoms with Gasteiger partial charge in [-0.2, -0.15) is 5.10 Å². The standard InChI is InChI=1S/C35H39F2N11O4/c1-44(18-19-15-20(16-19)30-41-27(29(36)37)31(42-30)43-33(50)22-17-39-47-12-4-11-38-32(22)47)21-9-13-46(14-10-21)23-5-3-6-24-28(23)45(2)35(52)48(24)25-7-8-26(49)40-34(25)51/h3-6,11-12,17,19-21,25,29H,7-10,13-16,18H2,1-2H3,(H,41,42)(H,43,50)(H,40,49,51). The lowest BCUT2D eigenvalue weighted by molar-refractivity contribution is -0.135. The molecule has 3 aliphatic rings. The molecule has 0 spiro atoms. The zero-order chi connectivity index (χ0) is 36.3. The highest BCUT2D eigenvalue weighted by atomic mass is 19.3. The van der Waals surface area contributed by atoms with Gasteiger partial charge in [0.15, 0.2) is 11.5 Å². The Hall–Kier alpha value is -5.45. The largest absolute Gasteiger partial charge is 0.370 e. The zero-order valence-corrected chi connectivity index (χ0v) is 28.8. The summed E-state index contributed by atoms with van der Waals surface area (Å²) in [5.74, 6) is -0.748. The number of fused-ring (bicyclic) bond motifs is 2. The summed E-state index contributed by atoms with van der Waals surface area (Å²) in [5.41, 5.74) is 2.17. The van der Waals surface area contributed by atoms with Crippen molar-refractivity contribution in [3.05, 3.63) is 70.4 Å². The first-order valence-corrected chi connectivity index (χ1v) is 17.5. The molecule has 1 saturated carbocycles. The molecule has 0 radical (unpaired) electrons. The fraction of sp³-hybridized carbons (Fsp3) is 0.457. The number of para-hydroxylation sites is 1. The molecule has 5 aromatic rings. The lowest BCUT2D eigenvalue weighted by atomic mass is 9.74. The van der Waals surface area contributed by atoms with Gasteiger partial charge in [0.05, 0.1) is 22.9 Å². The number of aromatic amines is 1. The van der Waals surface area contributed by atoms with E-state index >= 15 is 0 Å². The van der Waals surface area contributed by atoms with E-state index in [1.807, 2.05) is 18.2 Å². The number of nitrogens with zero attached hydrogens (tertiary/aromatic N) is 8. The van der Waals surface area contributed by atoms with Gasteiger partial charge in [0.25, 0.3) is 12.3 Å². The summed E-state index contributed by atoms with van der Waals surface area (Å²) in [5, 5.41) is 8.99. The van der Waals surface area contributed by atoms with Gasteiger partial charge in [-0.15, -0.1) is 0 Å². The van der Waals surface area contributed by atoms with Crippen LogP contribution < -0.4 is 21.2 Å². The van der Waals surface area contributed by atoms with Crippen LogP contribution in [0.5, 0.6) is 0 Å². The molecule has 2 aliphatic heterocycles. The van der Waals surface area contributed by atoms with Crippen molar-refractivity contribution in [1.29, 1.82) is 0 Å². The highest BCUT2D eigenvalue weighted by Gasteiger charge is 2.37. The Morgan fingerprint density at radius 1 is 1.12 bits per heavy atom. The Morgan fingerprint density at radius 2 is 1.90 bits per heavy atom. The molecule has 2 saturated heterocycles. The van der Waals surface area contributed by atoms with Gasteiger partial charge in [-0.3, -0.25) is 28.8 Å². The fourth-order valence-corrected chi connectivity index (χ4v) is 8.13. The van der Waals surface area contributed by atoms with Crippen molar-refractivity contribution < 1.29 is 23.2 Å². The molecule has 4 aromatic heterocycles. The van der Waals surface area contributed by atoms with Crippen LogP contribution >= 0.6 is 0 Å². The number of benzene rings is 1. The Labute approximate surface area is 296 Å². The Bertz CT molecular complexity index is 2240. The minimum atomic E-state index is -2.84. The number of imide groups is 1. The maximum Gasteiger partial charge on any atom is 0.329 e. The normalized spacial score (nSPS) is 21.3. The molecule has 1 atom stereocenters. The summed E-state index contributed by atoms with van der Waals surface area (Å²) in [6.45, 7) is 2.46. The number of aromatic nitrogens is 7. The van der Waals surface area contributed by atoms with Crippen LogP contribution in [0.3, 0.4) is 0 Å². The predicted octanol–water partition coefficient (Wildman–Crippen LogP) is 3.37. The maximum absolute atomic E-state index is 14.0. The van der Waals surface area contributed by atoms with E-state index in [0.717, 1.165) is 56.5 Å². The van der Waals surface area contributed by atoms with Gasteiger partial charge in [-0.05, 0) is 63.3 Å². The van der Waals surface area contributed by atoms with Crippen LogP contribution in [-0.4, -0.2) is 89.0 Å². The topological polar surface area (TPSA) is 168 Å². The van der Waals surface area contributed by atoms with Gasteiger partial charge in [0.2, 0.25) is 11.8 Å². The van der Waals surface area contributed by atoms with E-state index in [4.69, 9.17) is 0 Å². The summed E-state index contributed by atoms with van der Waals surface area (Å²) in [7, 11) is 3.85. The maximum atomic E-state index is 14.0. The van der Waals surface area contributed by atoms with Crippen LogP contribution in [-0.2, 0) is 16.6 Å². The number of anilines is 2. The number of hydrogen-bond acceptors (Lipinski definition) is 9. The summed E-state index contributed by atoms with van der Waals surface area (Å²) in [4.78, 5) is 66.8. The van der Waals surface area contributed by atoms with Gasteiger partial charge in [0, 0.05) is 57.5 Å². The van der Waals surface area contributed by atoms with Gasteiger partial charge < -0.3 is 20.1 Å². The molecule has 1 unspecified atom stereocenters. The van der Waals surface area contributed by atoms with Gasteiger partial charge in [-0.1, -0.05) is 6.07 Å². The van der Waals surface area contributed by atoms with Crippen molar-refractivity contribution in [2.75, 3.05) is 36.9 Å². The quantitative estimate of drug-likeness (QED) is 0.194.